The number of carbonyl (C=O) groups is 1. The Morgan fingerprint density at radius 1 is 1.04 bits per heavy atom. The number of nitrogens with one attached hydrogen (secondary N) is 2. The van der Waals surface area contributed by atoms with Crippen molar-refractivity contribution in [1.82, 2.24) is 10.3 Å². The summed E-state index contributed by atoms with van der Waals surface area (Å²) in [6.07, 6.45) is 2.72. The highest BCUT2D eigenvalue weighted by molar-refractivity contribution is 7.92. The Labute approximate surface area is 163 Å². The summed E-state index contributed by atoms with van der Waals surface area (Å²) in [6, 6.07) is 16.9. The van der Waals surface area contributed by atoms with Crippen LogP contribution >= 0.6 is 0 Å². The highest BCUT2D eigenvalue weighted by Gasteiger charge is 2.15. The Morgan fingerprint density at radius 3 is 2.43 bits per heavy atom. The minimum atomic E-state index is -3.81. The van der Waals surface area contributed by atoms with E-state index in [0.717, 1.165) is 5.56 Å². The van der Waals surface area contributed by atoms with Crippen LogP contribution in [-0.4, -0.2) is 26.4 Å². The van der Waals surface area contributed by atoms with Gasteiger partial charge in [0.1, 0.15) is 5.75 Å². The lowest BCUT2D eigenvalue weighted by Crippen LogP contribution is -2.23. The maximum atomic E-state index is 12.5. The molecule has 1 heterocycles. The molecule has 1 aromatic heterocycles. The van der Waals surface area contributed by atoms with Crippen LogP contribution in [0.4, 0.5) is 5.69 Å². The van der Waals surface area contributed by atoms with Crippen molar-refractivity contribution in [2.24, 2.45) is 0 Å². The molecule has 0 atom stereocenters. The van der Waals surface area contributed by atoms with Crippen molar-refractivity contribution in [3.63, 3.8) is 0 Å². The topological polar surface area (TPSA) is 97.4 Å². The van der Waals surface area contributed by atoms with Gasteiger partial charge in [-0.25, -0.2) is 8.42 Å². The number of nitrogens with zero attached hydrogens (tertiary/aromatic N) is 1. The lowest BCUT2D eigenvalue weighted by Gasteiger charge is -2.10. The number of benzene rings is 2. The number of pyridine rings is 1. The van der Waals surface area contributed by atoms with Crippen LogP contribution in [0.25, 0.3) is 0 Å². The first-order valence-electron chi connectivity index (χ1n) is 8.42. The van der Waals surface area contributed by atoms with Crippen molar-refractivity contribution < 1.29 is 17.9 Å². The van der Waals surface area contributed by atoms with Crippen LogP contribution in [0.15, 0.2) is 78.0 Å². The molecule has 0 unspecified atom stereocenters. The molecule has 3 rings (SSSR count). The zero-order valence-corrected chi connectivity index (χ0v) is 15.9. The second kappa shape index (κ2) is 8.53. The molecule has 0 radical (unpaired) electrons. The van der Waals surface area contributed by atoms with Gasteiger partial charge in [-0.15, -0.1) is 0 Å². The number of aromatic nitrogens is 1. The van der Waals surface area contributed by atoms with E-state index < -0.39 is 10.0 Å². The normalized spacial score (nSPS) is 10.9. The van der Waals surface area contributed by atoms with Gasteiger partial charge in [-0.3, -0.25) is 14.5 Å². The van der Waals surface area contributed by atoms with Crippen LogP contribution < -0.4 is 14.8 Å². The average Bonchev–Trinajstić information content (AvgIpc) is 2.72. The van der Waals surface area contributed by atoms with E-state index in [-0.39, 0.29) is 22.1 Å². The molecular weight excluding hydrogens is 378 g/mol. The molecule has 8 heteroatoms. The molecule has 1 amide bonds. The largest absolute Gasteiger partial charge is 0.497 e. The summed E-state index contributed by atoms with van der Waals surface area (Å²) >= 11 is 0. The lowest BCUT2D eigenvalue weighted by atomic mass is 10.2. The highest BCUT2D eigenvalue weighted by atomic mass is 32.2. The van der Waals surface area contributed by atoms with Gasteiger partial charge in [0.2, 0.25) is 0 Å². The lowest BCUT2D eigenvalue weighted by molar-refractivity contribution is 0.0950. The first-order valence-corrected chi connectivity index (χ1v) is 9.90. The molecule has 3 aromatic rings. The van der Waals surface area contributed by atoms with E-state index in [0.29, 0.717) is 12.3 Å². The first-order chi connectivity index (χ1) is 13.5. The van der Waals surface area contributed by atoms with Crippen LogP contribution in [0, 0.1) is 0 Å². The second-order valence-electron chi connectivity index (χ2n) is 5.91. The number of hydrogen-bond acceptors (Lipinski definition) is 5. The van der Waals surface area contributed by atoms with E-state index in [1.165, 1.54) is 37.7 Å². The van der Waals surface area contributed by atoms with Crippen molar-refractivity contribution in [3.05, 3.63) is 84.2 Å². The van der Waals surface area contributed by atoms with E-state index in [1.54, 1.807) is 12.1 Å². The van der Waals surface area contributed by atoms with Crippen LogP contribution in [0.3, 0.4) is 0 Å². The average molecular weight is 397 g/mol. The summed E-state index contributed by atoms with van der Waals surface area (Å²) in [5.41, 5.74) is 1.41. The summed E-state index contributed by atoms with van der Waals surface area (Å²) < 4.78 is 32.5. The summed E-state index contributed by atoms with van der Waals surface area (Å²) in [5, 5.41) is 2.78. The van der Waals surface area contributed by atoms with E-state index in [9.17, 15) is 13.2 Å². The quantitative estimate of drug-likeness (QED) is 0.639. The molecule has 2 N–H and O–H groups in total. The van der Waals surface area contributed by atoms with Crippen molar-refractivity contribution in [3.8, 4) is 5.75 Å². The standard InChI is InChI=1S/C20H19N3O4S/c1-27-18-7-9-19(10-8-18)28(25,26)23-17-11-16(13-21-14-17)20(24)22-12-15-5-3-2-4-6-15/h2-11,13-14,23H,12H2,1H3,(H,22,24). The van der Waals surface area contributed by atoms with Crippen LogP contribution in [0.1, 0.15) is 15.9 Å². The molecule has 0 bridgehead atoms. The minimum absolute atomic E-state index is 0.0761. The molecular formula is C20H19N3O4S. The monoisotopic (exact) mass is 397 g/mol. The summed E-state index contributed by atoms with van der Waals surface area (Å²) in [4.78, 5) is 16.4. The van der Waals surface area contributed by atoms with Gasteiger partial charge < -0.3 is 10.1 Å². The Morgan fingerprint density at radius 2 is 1.75 bits per heavy atom. The molecule has 0 saturated heterocycles. The predicted octanol–water partition coefficient (Wildman–Crippen LogP) is 2.82. The van der Waals surface area contributed by atoms with Crippen molar-refractivity contribution in [2.45, 2.75) is 11.4 Å². The first kappa shape index (κ1) is 19.4. The Bertz CT molecular complexity index is 1050. The van der Waals surface area contributed by atoms with E-state index in [4.69, 9.17) is 4.74 Å². The fourth-order valence-electron chi connectivity index (χ4n) is 2.47. The number of carbonyl (C=O) groups excluding carboxylic acids is 1. The molecule has 2 aromatic carbocycles. The van der Waals surface area contributed by atoms with Crippen molar-refractivity contribution in [1.29, 1.82) is 0 Å². The zero-order valence-electron chi connectivity index (χ0n) is 15.1. The molecule has 0 aliphatic carbocycles. The minimum Gasteiger partial charge on any atom is -0.497 e. The fraction of sp³-hybridized carbons (Fsp3) is 0.100. The van der Waals surface area contributed by atoms with Crippen LogP contribution in [0.2, 0.25) is 0 Å². The van der Waals surface area contributed by atoms with Crippen LogP contribution in [-0.2, 0) is 16.6 Å². The number of ether oxygens (including phenoxy) is 1. The highest BCUT2D eigenvalue weighted by Crippen LogP contribution is 2.19. The Kier molecular flexibility index (Phi) is 5.90. The van der Waals surface area contributed by atoms with Crippen molar-refractivity contribution in [2.75, 3.05) is 11.8 Å². The molecule has 0 fully saturated rings. The van der Waals surface area contributed by atoms with Crippen molar-refractivity contribution >= 4 is 21.6 Å². The smallest absolute Gasteiger partial charge is 0.261 e. The third-order valence-corrected chi connectivity index (χ3v) is 5.32. The number of hydrogen-bond donors (Lipinski definition) is 2. The Balaban J connectivity index is 1.70. The molecule has 28 heavy (non-hydrogen) atoms. The maximum absolute atomic E-state index is 12.5. The number of anilines is 1. The molecule has 144 valence electrons. The van der Waals surface area contributed by atoms with Gasteiger partial charge in [0, 0.05) is 12.7 Å². The van der Waals surface area contributed by atoms with Gasteiger partial charge in [0.15, 0.2) is 0 Å². The van der Waals surface area contributed by atoms with Gasteiger partial charge in [0.25, 0.3) is 15.9 Å². The predicted molar refractivity (Wildman–Crippen MR) is 106 cm³/mol. The van der Waals surface area contributed by atoms with Gasteiger partial charge in [-0.05, 0) is 35.9 Å². The molecule has 0 spiro atoms. The molecule has 0 aliphatic rings. The summed E-state index contributed by atoms with van der Waals surface area (Å²) in [7, 11) is -2.31. The second-order valence-corrected chi connectivity index (χ2v) is 7.59. The summed E-state index contributed by atoms with van der Waals surface area (Å²) in [6.45, 7) is 0.363. The number of rotatable bonds is 7. The third-order valence-electron chi connectivity index (χ3n) is 3.92. The van der Waals surface area contributed by atoms with Gasteiger partial charge in [-0.1, -0.05) is 30.3 Å². The number of methoxy groups -OCH3 is 1. The van der Waals surface area contributed by atoms with E-state index in [1.807, 2.05) is 30.3 Å². The summed E-state index contributed by atoms with van der Waals surface area (Å²) in [5.74, 6) is 0.208. The molecule has 0 saturated carbocycles. The molecule has 0 aliphatic heterocycles. The Hall–Kier alpha value is -3.39. The van der Waals surface area contributed by atoms with Crippen LogP contribution in [0.5, 0.6) is 5.75 Å². The number of amides is 1. The SMILES string of the molecule is COc1ccc(S(=O)(=O)Nc2cncc(C(=O)NCc3ccccc3)c2)cc1. The third kappa shape index (κ3) is 4.86. The van der Waals surface area contributed by atoms with Gasteiger partial charge >= 0.3 is 0 Å². The fourth-order valence-corrected chi connectivity index (χ4v) is 3.50. The molecule has 7 nitrogen and oxygen atoms in total. The van der Waals surface area contributed by atoms with Gasteiger partial charge in [-0.2, -0.15) is 0 Å². The van der Waals surface area contributed by atoms with Gasteiger partial charge in [0.05, 0.1) is 29.5 Å². The van der Waals surface area contributed by atoms with E-state index in [2.05, 4.69) is 15.0 Å². The number of sulfonamides is 1. The van der Waals surface area contributed by atoms with E-state index >= 15 is 0 Å². The maximum Gasteiger partial charge on any atom is 0.261 e. The zero-order chi connectivity index (χ0) is 20.0.